The molecule has 0 radical (unpaired) electrons. The molecule has 2 aliphatic carbocycles. The molecule has 0 heterocycles. The second-order valence-corrected chi connectivity index (χ2v) is 6.58. The van der Waals surface area contributed by atoms with Crippen LogP contribution < -0.4 is 10.6 Å². The summed E-state index contributed by atoms with van der Waals surface area (Å²) in [6.07, 6.45) is 13.7. The van der Waals surface area contributed by atoms with E-state index in [1.165, 1.54) is 0 Å². The van der Waals surface area contributed by atoms with Gasteiger partial charge in [-0.25, -0.2) is 0 Å². The first-order valence-electron chi connectivity index (χ1n) is 8.73. The maximum atomic E-state index is 12.2. The third-order valence-electron chi connectivity index (χ3n) is 4.60. The van der Waals surface area contributed by atoms with E-state index in [1.54, 1.807) is 0 Å². The number of benzene rings is 1. The van der Waals surface area contributed by atoms with Gasteiger partial charge in [0.05, 0.1) is 11.4 Å². The van der Waals surface area contributed by atoms with Gasteiger partial charge in [-0.05, 0) is 49.7 Å². The molecule has 0 saturated carbocycles. The van der Waals surface area contributed by atoms with Gasteiger partial charge in [0.25, 0.3) is 0 Å². The van der Waals surface area contributed by atoms with Crippen molar-refractivity contribution >= 4 is 23.2 Å². The van der Waals surface area contributed by atoms with E-state index in [-0.39, 0.29) is 11.8 Å². The number of nitrogens with one attached hydrogen (secondary N) is 2. The molecule has 2 atom stereocenters. The Kier molecular flexibility index (Phi) is 5.47. The Labute approximate surface area is 143 Å². The Bertz CT molecular complexity index is 606. The lowest BCUT2D eigenvalue weighted by Gasteiger charge is -2.14. The van der Waals surface area contributed by atoms with Crippen molar-refractivity contribution in [3.8, 4) is 0 Å². The number of hydrogen-bond donors (Lipinski definition) is 2. The molecule has 0 fully saturated rings. The summed E-state index contributed by atoms with van der Waals surface area (Å²) < 4.78 is 0. The second-order valence-electron chi connectivity index (χ2n) is 6.58. The number of hydrogen-bond acceptors (Lipinski definition) is 2. The number of carbonyl (C=O) groups is 2. The molecule has 4 heteroatoms. The molecule has 0 bridgehead atoms. The molecule has 126 valence electrons. The van der Waals surface area contributed by atoms with Crippen molar-refractivity contribution in [3.05, 3.63) is 48.6 Å². The molecule has 0 saturated heterocycles. The van der Waals surface area contributed by atoms with Crippen molar-refractivity contribution in [1.82, 2.24) is 0 Å². The highest BCUT2D eigenvalue weighted by Gasteiger charge is 2.17. The number of allylic oxidation sites excluding steroid dienone is 4. The average Bonchev–Trinajstić information content (AvgIpc) is 3.23. The molecule has 0 spiro atoms. The molecule has 2 amide bonds. The molecular weight excluding hydrogens is 300 g/mol. The van der Waals surface area contributed by atoms with Gasteiger partial charge in [-0.1, -0.05) is 36.4 Å². The third kappa shape index (κ3) is 4.57. The van der Waals surface area contributed by atoms with E-state index in [0.717, 1.165) is 25.7 Å². The van der Waals surface area contributed by atoms with Gasteiger partial charge in [0.1, 0.15) is 0 Å². The number of para-hydroxylation sites is 2. The summed E-state index contributed by atoms with van der Waals surface area (Å²) in [6.45, 7) is 0. The summed E-state index contributed by atoms with van der Waals surface area (Å²) in [5, 5.41) is 5.87. The first-order valence-corrected chi connectivity index (χ1v) is 8.73. The Morgan fingerprint density at radius 1 is 0.833 bits per heavy atom. The minimum atomic E-state index is -0.00743. The van der Waals surface area contributed by atoms with E-state index in [2.05, 4.69) is 34.9 Å². The SMILES string of the molecule is O=C(CC1C=CCC1)Nc1ccccc1NC(=O)CC1C=CCC1. The lowest BCUT2D eigenvalue weighted by Crippen LogP contribution is -2.19. The van der Waals surface area contributed by atoms with Crippen LogP contribution in [-0.2, 0) is 9.59 Å². The van der Waals surface area contributed by atoms with Gasteiger partial charge in [-0.15, -0.1) is 0 Å². The molecular formula is C20H24N2O2. The molecule has 4 nitrogen and oxygen atoms in total. The molecule has 1 aromatic rings. The van der Waals surface area contributed by atoms with Gasteiger partial charge in [0.15, 0.2) is 0 Å². The first kappa shape index (κ1) is 16.5. The lowest BCUT2D eigenvalue weighted by atomic mass is 10.0. The van der Waals surface area contributed by atoms with Gasteiger partial charge in [-0.2, -0.15) is 0 Å². The number of amides is 2. The van der Waals surface area contributed by atoms with Crippen LogP contribution in [0.1, 0.15) is 38.5 Å². The Morgan fingerprint density at radius 3 is 1.67 bits per heavy atom. The highest BCUT2D eigenvalue weighted by molar-refractivity contribution is 5.99. The smallest absolute Gasteiger partial charge is 0.225 e. The number of rotatable bonds is 6. The lowest BCUT2D eigenvalue weighted by molar-refractivity contribution is -0.117. The van der Waals surface area contributed by atoms with Gasteiger partial charge in [0.2, 0.25) is 11.8 Å². The summed E-state index contributed by atoms with van der Waals surface area (Å²) in [4.78, 5) is 24.4. The fourth-order valence-corrected chi connectivity index (χ4v) is 3.31. The molecule has 0 aromatic heterocycles. The van der Waals surface area contributed by atoms with E-state index in [9.17, 15) is 9.59 Å². The largest absolute Gasteiger partial charge is 0.324 e. The standard InChI is InChI=1S/C20H24N2O2/c23-19(13-15-7-1-2-8-15)21-17-11-5-6-12-18(17)22-20(24)14-16-9-3-4-10-16/h1,3,5-7,9,11-12,15-16H,2,4,8,10,13-14H2,(H,21,23)(H,22,24). The predicted octanol–water partition coefficient (Wildman–Crippen LogP) is 4.28. The number of carbonyl (C=O) groups excluding carboxylic acids is 2. The van der Waals surface area contributed by atoms with E-state index in [4.69, 9.17) is 0 Å². The highest BCUT2D eigenvalue weighted by Crippen LogP contribution is 2.26. The van der Waals surface area contributed by atoms with Gasteiger partial charge in [0, 0.05) is 12.8 Å². The van der Waals surface area contributed by atoms with Crippen LogP contribution in [0, 0.1) is 11.8 Å². The Balaban J connectivity index is 1.57. The molecule has 2 aliphatic rings. The minimum absolute atomic E-state index is 0.00743. The van der Waals surface area contributed by atoms with Crippen LogP contribution in [0.5, 0.6) is 0 Å². The second kappa shape index (κ2) is 7.95. The minimum Gasteiger partial charge on any atom is -0.324 e. The maximum Gasteiger partial charge on any atom is 0.225 e. The van der Waals surface area contributed by atoms with Gasteiger partial charge < -0.3 is 10.6 Å². The Morgan fingerprint density at radius 2 is 1.29 bits per heavy atom. The zero-order chi connectivity index (χ0) is 16.8. The van der Waals surface area contributed by atoms with E-state index in [0.29, 0.717) is 36.1 Å². The van der Waals surface area contributed by atoms with Crippen LogP contribution in [0.2, 0.25) is 0 Å². The summed E-state index contributed by atoms with van der Waals surface area (Å²) in [6, 6.07) is 7.38. The average molecular weight is 324 g/mol. The van der Waals surface area contributed by atoms with E-state index in [1.807, 2.05) is 24.3 Å². The first-order chi connectivity index (χ1) is 11.7. The monoisotopic (exact) mass is 324 g/mol. The molecule has 2 N–H and O–H groups in total. The quantitative estimate of drug-likeness (QED) is 0.768. The molecule has 2 unspecified atom stereocenters. The van der Waals surface area contributed by atoms with Crippen LogP contribution in [0.3, 0.4) is 0 Å². The van der Waals surface area contributed by atoms with Crippen LogP contribution in [-0.4, -0.2) is 11.8 Å². The molecule has 0 aliphatic heterocycles. The van der Waals surface area contributed by atoms with Crippen LogP contribution in [0.4, 0.5) is 11.4 Å². The summed E-state index contributed by atoms with van der Waals surface area (Å²) in [5.41, 5.74) is 1.33. The summed E-state index contributed by atoms with van der Waals surface area (Å²) in [7, 11) is 0. The fraction of sp³-hybridized carbons (Fsp3) is 0.400. The van der Waals surface area contributed by atoms with Gasteiger partial charge >= 0.3 is 0 Å². The summed E-state index contributed by atoms with van der Waals surface area (Å²) >= 11 is 0. The van der Waals surface area contributed by atoms with Crippen molar-refractivity contribution < 1.29 is 9.59 Å². The van der Waals surface area contributed by atoms with Gasteiger partial charge in [-0.3, -0.25) is 9.59 Å². The fourth-order valence-electron chi connectivity index (χ4n) is 3.31. The molecule has 24 heavy (non-hydrogen) atoms. The zero-order valence-electron chi connectivity index (χ0n) is 13.8. The number of anilines is 2. The molecule has 1 aromatic carbocycles. The maximum absolute atomic E-state index is 12.2. The van der Waals surface area contributed by atoms with E-state index >= 15 is 0 Å². The zero-order valence-corrected chi connectivity index (χ0v) is 13.8. The summed E-state index contributed by atoms with van der Waals surface area (Å²) in [5.74, 6) is 0.653. The van der Waals surface area contributed by atoms with E-state index < -0.39 is 0 Å². The normalized spacial score (nSPS) is 21.8. The highest BCUT2D eigenvalue weighted by atomic mass is 16.2. The van der Waals surface area contributed by atoms with Crippen LogP contribution >= 0.6 is 0 Å². The topological polar surface area (TPSA) is 58.2 Å². The van der Waals surface area contributed by atoms with Crippen molar-refractivity contribution in [2.75, 3.05) is 10.6 Å². The van der Waals surface area contributed by atoms with Crippen molar-refractivity contribution in [2.45, 2.75) is 38.5 Å². The Hall–Kier alpha value is -2.36. The van der Waals surface area contributed by atoms with Crippen molar-refractivity contribution in [3.63, 3.8) is 0 Å². The van der Waals surface area contributed by atoms with Crippen molar-refractivity contribution in [1.29, 1.82) is 0 Å². The predicted molar refractivity (Wildman–Crippen MR) is 96.7 cm³/mol. The van der Waals surface area contributed by atoms with Crippen LogP contribution in [0.15, 0.2) is 48.6 Å². The van der Waals surface area contributed by atoms with Crippen LogP contribution in [0.25, 0.3) is 0 Å². The van der Waals surface area contributed by atoms with Crippen molar-refractivity contribution in [2.24, 2.45) is 11.8 Å². The molecule has 3 rings (SSSR count). The third-order valence-corrected chi connectivity index (χ3v) is 4.60.